The summed E-state index contributed by atoms with van der Waals surface area (Å²) in [7, 11) is 3.66. The van der Waals surface area contributed by atoms with Gasteiger partial charge < -0.3 is 41.3 Å². The van der Waals surface area contributed by atoms with Crippen LogP contribution in [0.4, 0.5) is 0 Å². The zero-order valence-corrected chi connectivity index (χ0v) is 19.8. The fourth-order valence-electron chi connectivity index (χ4n) is 4.08. The van der Waals surface area contributed by atoms with Crippen LogP contribution in [-0.4, -0.2) is 64.0 Å². The van der Waals surface area contributed by atoms with Crippen LogP contribution in [0.3, 0.4) is 0 Å². The number of aliphatic imine (C=N–C) groups is 1. The summed E-state index contributed by atoms with van der Waals surface area (Å²) in [5, 5.41) is 14.7. The van der Waals surface area contributed by atoms with Gasteiger partial charge in [0, 0.05) is 13.1 Å². The summed E-state index contributed by atoms with van der Waals surface area (Å²) in [6, 6.07) is 5.58. The lowest BCUT2D eigenvalue weighted by molar-refractivity contribution is -0.145. The van der Waals surface area contributed by atoms with Gasteiger partial charge in [-0.3, -0.25) is 14.6 Å². The molecule has 0 spiro atoms. The molecule has 2 amide bonds. The van der Waals surface area contributed by atoms with Crippen molar-refractivity contribution in [3.63, 3.8) is 0 Å². The quantitative estimate of drug-likeness (QED) is 0.0622. The highest BCUT2D eigenvalue weighted by Gasteiger charge is 2.48. The first-order chi connectivity index (χ1) is 16.4. The molecule has 0 aromatic heterocycles. The number of nitrogens with zero attached hydrogens (tertiary/aromatic N) is 1. The standard InChI is InChI=1S/C22H35BN5O6/c1-32-16-8-7-15(14-17(16)33-2)9-13-26-19(29)22(10-3-4-11-22)20(30)28-18(34-23-31)6-5-12-27-21(24)25/h7-8,14,18,31H,3-6,9-13H2,1-2H3,(H,26,29)(H,28,30)(H4,24,25,27)/t18-/m1/s1. The molecule has 1 aromatic rings. The van der Waals surface area contributed by atoms with E-state index in [4.69, 9.17) is 30.6 Å². The van der Waals surface area contributed by atoms with E-state index in [0.29, 0.717) is 64.4 Å². The van der Waals surface area contributed by atoms with E-state index < -0.39 is 17.6 Å². The van der Waals surface area contributed by atoms with Crippen LogP contribution in [0.5, 0.6) is 11.5 Å². The minimum absolute atomic E-state index is 0.0233. The van der Waals surface area contributed by atoms with Crippen molar-refractivity contribution in [2.45, 2.75) is 51.2 Å². The highest BCUT2D eigenvalue weighted by atomic mass is 16.5. The lowest BCUT2D eigenvalue weighted by Crippen LogP contribution is -2.53. The van der Waals surface area contributed by atoms with Crippen molar-refractivity contribution in [3.05, 3.63) is 23.8 Å². The number of hydrogen-bond acceptors (Lipinski definition) is 7. The average Bonchev–Trinajstić information content (AvgIpc) is 3.33. The molecule has 187 valence electrons. The number of amides is 2. The highest BCUT2D eigenvalue weighted by molar-refractivity contribution is 6.16. The molecular formula is C22H35BN5O6. The second-order valence-electron chi connectivity index (χ2n) is 8.14. The van der Waals surface area contributed by atoms with Crippen molar-refractivity contribution in [2.24, 2.45) is 21.9 Å². The Hall–Kier alpha value is -2.99. The van der Waals surface area contributed by atoms with Crippen molar-refractivity contribution >= 4 is 25.5 Å². The fourth-order valence-corrected chi connectivity index (χ4v) is 4.08. The van der Waals surface area contributed by atoms with E-state index in [1.54, 1.807) is 14.2 Å². The van der Waals surface area contributed by atoms with Gasteiger partial charge in [-0.05, 0) is 49.8 Å². The maximum atomic E-state index is 13.2. The van der Waals surface area contributed by atoms with Gasteiger partial charge in [0.2, 0.25) is 11.8 Å². The summed E-state index contributed by atoms with van der Waals surface area (Å²) < 4.78 is 15.7. The molecule has 0 aliphatic heterocycles. The predicted octanol–water partition coefficient (Wildman–Crippen LogP) is -0.0381. The number of carbonyl (C=O) groups is 2. The van der Waals surface area contributed by atoms with Gasteiger partial charge >= 0.3 is 7.69 Å². The molecule has 12 heteroatoms. The number of guanidine groups is 1. The Balaban J connectivity index is 1.97. The lowest BCUT2D eigenvalue weighted by atomic mass is 9.83. The maximum absolute atomic E-state index is 13.2. The van der Waals surface area contributed by atoms with Crippen LogP contribution in [0, 0.1) is 5.41 Å². The Bertz CT molecular complexity index is 843. The van der Waals surface area contributed by atoms with Gasteiger partial charge in [-0.2, -0.15) is 0 Å². The van der Waals surface area contributed by atoms with Crippen LogP contribution in [0.2, 0.25) is 0 Å². The Morgan fingerprint density at radius 1 is 1.18 bits per heavy atom. The van der Waals surface area contributed by atoms with Crippen molar-refractivity contribution in [2.75, 3.05) is 27.3 Å². The molecule has 1 aliphatic carbocycles. The first-order valence-electron chi connectivity index (χ1n) is 11.3. The molecule has 34 heavy (non-hydrogen) atoms. The Labute approximate surface area is 200 Å². The molecule has 1 fully saturated rings. The van der Waals surface area contributed by atoms with E-state index in [1.807, 2.05) is 18.2 Å². The van der Waals surface area contributed by atoms with Gasteiger partial charge in [0.15, 0.2) is 17.5 Å². The number of nitrogens with two attached hydrogens (primary N) is 2. The van der Waals surface area contributed by atoms with Crippen molar-refractivity contribution in [1.82, 2.24) is 10.6 Å². The van der Waals surface area contributed by atoms with Crippen molar-refractivity contribution < 1.29 is 28.7 Å². The largest absolute Gasteiger partial charge is 0.493 e. The molecule has 1 aliphatic rings. The summed E-state index contributed by atoms with van der Waals surface area (Å²) in [5.41, 5.74) is 10.4. The summed E-state index contributed by atoms with van der Waals surface area (Å²) in [5.74, 6) is 0.499. The molecule has 2 rings (SSSR count). The van der Waals surface area contributed by atoms with E-state index in [1.165, 1.54) is 0 Å². The second kappa shape index (κ2) is 13.7. The number of methoxy groups -OCH3 is 2. The Morgan fingerprint density at radius 2 is 1.88 bits per heavy atom. The van der Waals surface area contributed by atoms with Crippen molar-refractivity contribution in [1.29, 1.82) is 0 Å². The van der Waals surface area contributed by atoms with Crippen LogP contribution in [0.1, 0.15) is 44.1 Å². The molecule has 0 saturated heterocycles. The molecule has 11 nitrogen and oxygen atoms in total. The third-order valence-corrected chi connectivity index (χ3v) is 5.91. The van der Waals surface area contributed by atoms with E-state index in [2.05, 4.69) is 15.6 Å². The smallest absolute Gasteiger partial charge is 0.486 e. The summed E-state index contributed by atoms with van der Waals surface area (Å²) >= 11 is 0. The van der Waals surface area contributed by atoms with Crippen molar-refractivity contribution in [3.8, 4) is 11.5 Å². The van der Waals surface area contributed by atoms with Crippen LogP contribution >= 0.6 is 0 Å². The van der Waals surface area contributed by atoms with Gasteiger partial charge in [-0.15, -0.1) is 0 Å². The minimum atomic E-state index is -1.17. The summed E-state index contributed by atoms with van der Waals surface area (Å²) in [6.45, 7) is 0.720. The Morgan fingerprint density at radius 3 is 2.50 bits per heavy atom. The van der Waals surface area contributed by atoms with Crippen LogP contribution in [-0.2, 0) is 20.7 Å². The molecular weight excluding hydrogens is 441 g/mol. The monoisotopic (exact) mass is 476 g/mol. The first-order valence-corrected chi connectivity index (χ1v) is 11.3. The van der Waals surface area contributed by atoms with Crippen LogP contribution in [0.15, 0.2) is 23.2 Å². The molecule has 1 saturated carbocycles. The zero-order valence-electron chi connectivity index (χ0n) is 19.8. The van der Waals surface area contributed by atoms with E-state index >= 15 is 0 Å². The highest BCUT2D eigenvalue weighted by Crippen LogP contribution is 2.39. The van der Waals surface area contributed by atoms with E-state index in [0.717, 1.165) is 18.4 Å². The van der Waals surface area contributed by atoms with Gasteiger partial charge in [-0.1, -0.05) is 18.9 Å². The van der Waals surface area contributed by atoms with Gasteiger partial charge in [0.25, 0.3) is 0 Å². The molecule has 1 radical (unpaired) electrons. The van der Waals surface area contributed by atoms with Gasteiger partial charge in [0.1, 0.15) is 11.6 Å². The number of nitrogens with one attached hydrogen (secondary N) is 2. The normalized spacial score (nSPS) is 15.1. The summed E-state index contributed by atoms with van der Waals surface area (Å²) in [4.78, 5) is 30.2. The number of hydrogen-bond donors (Lipinski definition) is 5. The average molecular weight is 476 g/mol. The molecule has 1 atom stereocenters. The third kappa shape index (κ3) is 7.52. The topological polar surface area (TPSA) is 171 Å². The molecule has 1 aromatic carbocycles. The number of carbonyl (C=O) groups excluding carboxylic acids is 2. The number of rotatable bonds is 14. The molecule has 0 heterocycles. The summed E-state index contributed by atoms with van der Waals surface area (Å²) in [6.07, 6.45) is 3.09. The lowest BCUT2D eigenvalue weighted by Gasteiger charge is -2.29. The molecule has 7 N–H and O–H groups in total. The van der Waals surface area contributed by atoms with Crippen LogP contribution in [0.25, 0.3) is 0 Å². The number of benzene rings is 1. The SMILES string of the molecule is COc1ccc(CCNC(=O)C2(C(=O)N[C@@H](CCCN=C(N)N)O[B]O)CCCC2)cc1OC. The number of ether oxygens (including phenoxy) is 2. The second-order valence-corrected chi connectivity index (χ2v) is 8.14. The fraction of sp³-hybridized carbons (Fsp3) is 0.591. The Kier molecular flexibility index (Phi) is 10.9. The predicted molar refractivity (Wildman–Crippen MR) is 128 cm³/mol. The zero-order chi connectivity index (χ0) is 25.0. The van der Waals surface area contributed by atoms with E-state index in [9.17, 15) is 9.59 Å². The van der Waals surface area contributed by atoms with E-state index in [-0.39, 0.29) is 11.9 Å². The first kappa shape index (κ1) is 27.3. The maximum Gasteiger partial charge on any atom is 0.486 e. The molecule has 0 bridgehead atoms. The van der Waals surface area contributed by atoms with Gasteiger partial charge in [-0.25, -0.2) is 0 Å². The minimum Gasteiger partial charge on any atom is -0.493 e. The van der Waals surface area contributed by atoms with Crippen LogP contribution < -0.4 is 31.6 Å². The third-order valence-electron chi connectivity index (χ3n) is 5.91. The van der Waals surface area contributed by atoms with Gasteiger partial charge in [0.05, 0.1) is 14.2 Å². The molecule has 0 unspecified atom stereocenters.